The van der Waals surface area contributed by atoms with Crippen LogP contribution in [0, 0.1) is 35.5 Å². The van der Waals surface area contributed by atoms with Crippen molar-refractivity contribution in [2.75, 3.05) is 20.8 Å². The van der Waals surface area contributed by atoms with E-state index in [0.29, 0.717) is 57.8 Å². The molecule has 0 aromatic heterocycles. The monoisotopic (exact) mass is 905 g/mol. The summed E-state index contributed by atoms with van der Waals surface area (Å²) < 4.78 is 31.2. The molecule has 2 amide bonds. The van der Waals surface area contributed by atoms with Gasteiger partial charge in [0.05, 0.1) is 18.2 Å². The molecular formula is C52H76N2O11. The second kappa shape index (κ2) is 22.7. The van der Waals surface area contributed by atoms with Crippen LogP contribution in [0.25, 0.3) is 0 Å². The number of hydrogen-bond donors (Lipinski definition) is 2. The van der Waals surface area contributed by atoms with Gasteiger partial charge in [-0.25, -0.2) is 4.79 Å². The quantitative estimate of drug-likeness (QED) is 0.143. The van der Waals surface area contributed by atoms with Crippen LogP contribution in [0.5, 0.6) is 5.75 Å². The van der Waals surface area contributed by atoms with Gasteiger partial charge in [-0.05, 0) is 133 Å². The van der Waals surface area contributed by atoms with Crippen LogP contribution in [0.3, 0.4) is 0 Å². The number of cyclic esters (lactones) is 1. The molecule has 13 heteroatoms. The number of aliphatic hydroxyl groups is 1. The minimum atomic E-state index is -2.48. The zero-order valence-corrected chi connectivity index (χ0v) is 40.1. The highest BCUT2D eigenvalue weighted by atomic mass is 16.7. The average molecular weight is 905 g/mol. The van der Waals surface area contributed by atoms with Crippen LogP contribution in [0.4, 0.5) is 0 Å². The molecule has 2 saturated carbocycles. The first-order valence-electron chi connectivity index (χ1n) is 24.5. The number of Topliss-reactive ketones (excluding diaryl/α,β-unsaturated/α-hetero) is 2. The molecule has 65 heavy (non-hydrogen) atoms. The van der Waals surface area contributed by atoms with Crippen molar-refractivity contribution < 1.29 is 52.8 Å². The number of piperidine rings is 1. The lowest BCUT2D eigenvalue weighted by Gasteiger charge is -2.47. The molecular weight excluding hydrogens is 829 g/mol. The molecule has 360 valence electrons. The molecule has 0 radical (unpaired) electrons. The smallest absolute Gasteiger partial charge is 0.329 e. The van der Waals surface area contributed by atoms with Crippen LogP contribution in [-0.2, 0) is 42.9 Å². The number of benzene rings is 1. The van der Waals surface area contributed by atoms with Gasteiger partial charge in [0.2, 0.25) is 11.7 Å². The number of fused-ring (bicyclic) bond motifs is 3. The molecule has 6 rings (SSSR count). The predicted octanol–water partition coefficient (Wildman–Crippen LogP) is 7.47. The fourth-order valence-electron chi connectivity index (χ4n) is 10.8. The second-order valence-electron chi connectivity index (χ2n) is 20.1. The molecule has 13 atom stereocenters. The Morgan fingerprint density at radius 2 is 1.63 bits per heavy atom. The number of esters is 1. The molecule has 5 aliphatic rings. The van der Waals surface area contributed by atoms with E-state index in [9.17, 15) is 29.1 Å². The molecule has 2 bridgehead atoms. The Kier molecular flexibility index (Phi) is 17.7. The zero-order valence-electron chi connectivity index (χ0n) is 40.1. The fraction of sp³-hybridized carbons (Fsp3) is 0.712. The molecule has 2 N–H and O–H groups in total. The number of carbonyl (C=O) groups is 5. The number of allylic oxidation sites excluding steroid dienone is 3. The Bertz CT molecular complexity index is 1880. The molecule has 0 spiro atoms. The molecule has 2 aliphatic carbocycles. The number of rotatable bonds is 9. The number of methoxy groups -OCH3 is 2. The van der Waals surface area contributed by atoms with Gasteiger partial charge in [-0.1, -0.05) is 63.6 Å². The van der Waals surface area contributed by atoms with E-state index in [1.54, 1.807) is 21.1 Å². The topological polar surface area (TPSA) is 167 Å². The highest BCUT2D eigenvalue weighted by Crippen LogP contribution is 2.40. The van der Waals surface area contributed by atoms with Crippen LogP contribution >= 0.6 is 0 Å². The lowest BCUT2D eigenvalue weighted by Crippen LogP contribution is -2.64. The fourth-order valence-corrected chi connectivity index (χ4v) is 10.8. The number of para-hydroxylation sites is 1. The SMILES string of the molecule is CCC1C=C(C)CC(C)CC(OC)C2OC(O)(C(=O)C(=O)N3CCCCC3C(=O)OC(C(C)=CC3CCC(NC(=O)C4CC4)C(Oc4ccccc4)C3)C(C)CCC1=O)C(C)CC2OC. The number of hydrogen-bond acceptors (Lipinski definition) is 11. The maximum atomic E-state index is 14.6. The second-order valence-corrected chi connectivity index (χ2v) is 20.1. The molecule has 13 unspecified atom stereocenters. The first-order valence-corrected chi connectivity index (χ1v) is 24.5. The Balaban J connectivity index is 1.31. The van der Waals surface area contributed by atoms with Gasteiger partial charge in [0.1, 0.15) is 35.9 Å². The Labute approximate surface area is 386 Å². The maximum Gasteiger partial charge on any atom is 0.329 e. The van der Waals surface area contributed by atoms with E-state index in [2.05, 4.69) is 24.4 Å². The van der Waals surface area contributed by atoms with E-state index in [0.717, 1.165) is 36.2 Å². The predicted molar refractivity (Wildman–Crippen MR) is 245 cm³/mol. The largest absolute Gasteiger partial charge is 0.488 e. The number of ether oxygens (including phenoxy) is 5. The van der Waals surface area contributed by atoms with Crippen LogP contribution < -0.4 is 10.1 Å². The van der Waals surface area contributed by atoms with Gasteiger partial charge in [0.15, 0.2) is 0 Å². The summed E-state index contributed by atoms with van der Waals surface area (Å²) in [6.45, 7) is 11.9. The van der Waals surface area contributed by atoms with Crippen molar-refractivity contribution in [3.8, 4) is 5.75 Å². The number of nitrogens with one attached hydrogen (secondary N) is 1. The average Bonchev–Trinajstić information content (AvgIpc) is 4.15. The van der Waals surface area contributed by atoms with Crippen molar-refractivity contribution in [1.82, 2.24) is 10.2 Å². The highest BCUT2D eigenvalue weighted by Gasteiger charge is 2.56. The number of amides is 2. The van der Waals surface area contributed by atoms with E-state index < -0.39 is 59.8 Å². The summed E-state index contributed by atoms with van der Waals surface area (Å²) in [5.74, 6) is -5.47. The van der Waals surface area contributed by atoms with Crippen molar-refractivity contribution >= 4 is 29.4 Å². The summed E-state index contributed by atoms with van der Waals surface area (Å²) in [4.78, 5) is 71.5. The van der Waals surface area contributed by atoms with Crippen LogP contribution in [0.15, 0.2) is 53.6 Å². The molecule has 13 nitrogen and oxygen atoms in total. The Morgan fingerprint density at radius 1 is 0.923 bits per heavy atom. The van der Waals surface area contributed by atoms with E-state index in [1.807, 2.05) is 58.0 Å². The van der Waals surface area contributed by atoms with E-state index >= 15 is 0 Å². The summed E-state index contributed by atoms with van der Waals surface area (Å²) in [6, 6.07) is 8.40. The molecule has 3 heterocycles. The minimum Gasteiger partial charge on any atom is -0.488 e. The molecule has 1 aromatic rings. The van der Waals surface area contributed by atoms with Gasteiger partial charge < -0.3 is 39.0 Å². The van der Waals surface area contributed by atoms with Crippen LogP contribution in [0.1, 0.15) is 131 Å². The van der Waals surface area contributed by atoms with Crippen LogP contribution in [0.2, 0.25) is 0 Å². The first kappa shape index (κ1) is 50.5. The third-order valence-corrected chi connectivity index (χ3v) is 14.8. The number of ketones is 2. The summed E-state index contributed by atoms with van der Waals surface area (Å²) in [6.07, 6.45) is 9.51. The van der Waals surface area contributed by atoms with Crippen LogP contribution in [-0.4, -0.2) is 109 Å². The van der Waals surface area contributed by atoms with E-state index in [1.165, 1.54) is 4.90 Å². The summed E-state index contributed by atoms with van der Waals surface area (Å²) in [7, 11) is 3.11. The van der Waals surface area contributed by atoms with Crippen molar-refractivity contribution in [3.63, 3.8) is 0 Å². The maximum absolute atomic E-state index is 14.6. The van der Waals surface area contributed by atoms with Crippen molar-refractivity contribution in [2.24, 2.45) is 35.5 Å². The third kappa shape index (κ3) is 12.6. The van der Waals surface area contributed by atoms with E-state index in [-0.39, 0.29) is 72.8 Å². The van der Waals surface area contributed by atoms with Crippen molar-refractivity contribution in [1.29, 1.82) is 0 Å². The third-order valence-electron chi connectivity index (χ3n) is 14.8. The van der Waals surface area contributed by atoms with Gasteiger partial charge >= 0.3 is 5.97 Å². The summed E-state index contributed by atoms with van der Waals surface area (Å²) >= 11 is 0. The Hall–Kier alpha value is -3.91. The lowest BCUT2D eigenvalue weighted by molar-refractivity contribution is -0.302. The van der Waals surface area contributed by atoms with Gasteiger partial charge in [-0.3, -0.25) is 19.2 Å². The minimum absolute atomic E-state index is 0.0401. The van der Waals surface area contributed by atoms with Crippen molar-refractivity contribution in [2.45, 2.75) is 180 Å². The number of carbonyl (C=O) groups excluding carboxylic acids is 5. The van der Waals surface area contributed by atoms with E-state index in [4.69, 9.17) is 23.7 Å². The number of nitrogens with zero attached hydrogens (tertiary/aromatic N) is 1. The highest BCUT2D eigenvalue weighted by molar-refractivity contribution is 6.39. The summed E-state index contributed by atoms with van der Waals surface area (Å²) in [5.41, 5.74) is 1.90. The standard InChI is InChI=1S/C52H76N2O11/c1-9-37-26-31(2)25-32(3)27-44(61-7)47-45(62-8)29-35(6)52(60,65-47)48(56)50(58)54-24-14-13-17-41(54)51(59)64-46(33(4)18-23-42(37)55)34(5)28-36-19-22-40(53-49(57)38-20-21-38)43(30-36)63-39-15-11-10-12-16-39/h10-12,15-16,26,28,32-33,35-38,40-41,43-47,60H,9,13-14,17-25,27,29-30H2,1-8H3,(H,53,57). The van der Waals surface area contributed by atoms with Gasteiger partial charge in [-0.2, -0.15) is 0 Å². The molecule has 3 aliphatic heterocycles. The molecule has 4 fully saturated rings. The summed E-state index contributed by atoms with van der Waals surface area (Å²) in [5, 5.41) is 15.4. The molecule has 2 saturated heterocycles. The van der Waals surface area contributed by atoms with Gasteiger partial charge in [0, 0.05) is 44.9 Å². The lowest BCUT2D eigenvalue weighted by atomic mass is 9.81. The normalized spacial score (nSPS) is 36.4. The van der Waals surface area contributed by atoms with Crippen molar-refractivity contribution in [3.05, 3.63) is 53.6 Å². The molecule has 1 aromatic carbocycles. The Morgan fingerprint density at radius 3 is 2.31 bits per heavy atom. The zero-order chi connectivity index (χ0) is 47.0. The van der Waals surface area contributed by atoms with Gasteiger partial charge in [-0.15, -0.1) is 0 Å². The van der Waals surface area contributed by atoms with Gasteiger partial charge in [0.25, 0.3) is 11.7 Å². The first-order chi connectivity index (χ1) is 31.1.